The predicted molar refractivity (Wildman–Crippen MR) is 100.0 cm³/mol. The number of nitrogens with zero attached hydrogens (tertiary/aromatic N) is 3. The average molecular weight is 382 g/mol. The van der Waals surface area contributed by atoms with E-state index in [1.807, 2.05) is 11.3 Å². The van der Waals surface area contributed by atoms with Crippen LogP contribution in [0.5, 0.6) is 0 Å². The van der Waals surface area contributed by atoms with Crippen molar-refractivity contribution in [3.05, 3.63) is 35.2 Å². The lowest BCUT2D eigenvalue weighted by Crippen LogP contribution is -2.54. The molecule has 2 aliphatic rings. The van der Waals surface area contributed by atoms with Gasteiger partial charge in [0.15, 0.2) is 0 Å². The Balaban J connectivity index is 1.36. The molecular weight excluding hydrogens is 358 g/mol. The first-order valence-corrected chi connectivity index (χ1v) is 10.9. The lowest BCUT2D eigenvalue weighted by Gasteiger charge is -2.37. The van der Waals surface area contributed by atoms with Crippen molar-refractivity contribution in [2.24, 2.45) is 0 Å². The molecule has 2 fully saturated rings. The maximum atomic E-state index is 12.7. The summed E-state index contributed by atoms with van der Waals surface area (Å²) in [5.41, 5.74) is 0. The van der Waals surface area contributed by atoms with Crippen molar-refractivity contribution in [3.63, 3.8) is 0 Å². The van der Waals surface area contributed by atoms with Crippen molar-refractivity contribution in [2.45, 2.75) is 6.54 Å². The maximum absolute atomic E-state index is 12.7. The van der Waals surface area contributed by atoms with E-state index in [1.54, 1.807) is 8.61 Å². The second kappa shape index (κ2) is 7.30. The van der Waals surface area contributed by atoms with E-state index in [4.69, 9.17) is 4.74 Å². The van der Waals surface area contributed by atoms with Gasteiger partial charge in [0.2, 0.25) is 0 Å². The fourth-order valence-electron chi connectivity index (χ4n) is 3.39. The summed E-state index contributed by atoms with van der Waals surface area (Å²) in [5, 5.41) is 1.29. The summed E-state index contributed by atoms with van der Waals surface area (Å²) in [5.74, 6) is 0. The molecule has 0 atom stereocenters. The molecule has 3 heterocycles. The number of ether oxygens (including phenoxy) is 1. The van der Waals surface area contributed by atoms with Crippen LogP contribution in [0, 0.1) is 0 Å². The van der Waals surface area contributed by atoms with Crippen LogP contribution in [0.25, 0.3) is 10.1 Å². The number of thiophene rings is 1. The molecule has 1 aromatic carbocycles. The van der Waals surface area contributed by atoms with Crippen molar-refractivity contribution in [1.82, 2.24) is 13.5 Å². The summed E-state index contributed by atoms with van der Waals surface area (Å²) in [6.07, 6.45) is 0. The van der Waals surface area contributed by atoms with Gasteiger partial charge in [-0.3, -0.25) is 4.90 Å². The molecule has 0 spiro atoms. The lowest BCUT2D eigenvalue weighted by molar-refractivity contribution is 0.0684. The van der Waals surface area contributed by atoms with Gasteiger partial charge in [0, 0.05) is 55.4 Å². The number of fused-ring (bicyclic) bond motifs is 1. The first kappa shape index (κ1) is 17.4. The maximum Gasteiger partial charge on any atom is 0.282 e. The topological polar surface area (TPSA) is 53.1 Å². The van der Waals surface area contributed by atoms with Crippen LogP contribution in [-0.4, -0.2) is 74.4 Å². The smallest absolute Gasteiger partial charge is 0.282 e. The van der Waals surface area contributed by atoms with E-state index in [-0.39, 0.29) is 0 Å². The van der Waals surface area contributed by atoms with Crippen LogP contribution in [0.4, 0.5) is 0 Å². The molecule has 2 saturated heterocycles. The van der Waals surface area contributed by atoms with Crippen molar-refractivity contribution in [1.29, 1.82) is 0 Å². The molecule has 25 heavy (non-hydrogen) atoms. The average Bonchev–Trinajstić information content (AvgIpc) is 3.05. The largest absolute Gasteiger partial charge is 0.379 e. The molecule has 0 radical (unpaired) electrons. The molecule has 0 unspecified atom stereocenters. The highest BCUT2D eigenvalue weighted by atomic mass is 32.2. The van der Waals surface area contributed by atoms with Crippen LogP contribution < -0.4 is 0 Å². The van der Waals surface area contributed by atoms with Gasteiger partial charge in [-0.15, -0.1) is 11.3 Å². The normalized spacial score (nSPS) is 21.8. The Kier molecular flexibility index (Phi) is 5.08. The Morgan fingerprint density at radius 3 is 2.36 bits per heavy atom. The molecule has 0 bridgehead atoms. The highest BCUT2D eigenvalue weighted by Gasteiger charge is 2.33. The van der Waals surface area contributed by atoms with Gasteiger partial charge in [0.25, 0.3) is 10.2 Å². The molecule has 1 aromatic heterocycles. The van der Waals surface area contributed by atoms with Gasteiger partial charge in [0.1, 0.15) is 0 Å². The van der Waals surface area contributed by atoms with Gasteiger partial charge >= 0.3 is 0 Å². The molecule has 4 rings (SSSR count). The second-order valence-electron chi connectivity index (χ2n) is 6.44. The van der Waals surface area contributed by atoms with Gasteiger partial charge in [-0.25, -0.2) is 0 Å². The van der Waals surface area contributed by atoms with Crippen LogP contribution in [-0.2, 0) is 21.5 Å². The van der Waals surface area contributed by atoms with Crippen LogP contribution in [0.1, 0.15) is 4.88 Å². The lowest BCUT2D eigenvalue weighted by atomic mass is 10.2. The molecule has 2 aliphatic heterocycles. The van der Waals surface area contributed by atoms with Gasteiger partial charge in [-0.1, -0.05) is 18.2 Å². The second-order valence-corrected chi connectivity index (χ2v) is 9.54. The van der Waals surface area contributed by atoms with Crippen LogP contribution in [0.2, 0.25) is 0 Å². The molecule has 136 valence electrons. The molecule has 0 N–H and O–H groups in total. The third-order valence-electron chi connectivity index (χ3n) is 4.81. The van der Waals surface area contributed by atoms with E-state index < -0.39 is 10.2 Å². The first-order valence-electron chi connectivity index (χ1n) is 8.66. The number of piperazine rings is 1. The summed E-state index contributed by atoms with van der Waals surface area (Å²) in [6.45, 7) is 5.47. The molecule has 0 amide bonds. The zero-order valence-corrected chi connectivity index (χ0v) is 15.8. The number of hydrogen-bond donors (Lipinski definition) is 0. The summed E-state index contributed by atoms with van der Waals surface area (Å²) in [7, 11) is -3.34. The third kappa shape index (κ3) is 3.74. The van der Waals surface area contributed by atoms with Crippen LogP contribution in [0.3, 0.4) is 0 Å². The molecular formula is C17H23N3O3S2. The Hall–Kier alpha value is -1.03. The van der Waals surface area contributed by atoms with E-state index in [0.29, 0.717) is 39.4 Å². The van der Waals surface area contributed by atoms with E-state index in [9.17, 15) is 8.42 Å². The van der Waals surface area contributed by atoms with Gasteiger partial charge in [0.05, 0.1) is 13.2 Å². The Bertz CT molecular complexity index is 790. The number of benzene rings is 1. The van der Waals surface area contributed by atoms with Crippen LogP contribution in [0.15, 0.2) is 30.3 Å². The molecule has 6 nitrogen and oxygen atoms in total. The summed E-state index contributed by atoms with van der Waals surface area (Å²) in [4.78, 5) is 3.68. The zero-order chi connectivity index (χ0) is 17.3. The highest BCUT2D eigenvalue weighted by molar-refractivity contribution is 7.86. The molecule has 0 aliphatic carbocycles. The first-order chi connectivity index (χ1) is 12.1. The Morgan fingerprint density at radius 1 is 0.960 bits per heavy atom. The van der Waals surface area contributed by atoms with Crippen LogP contribution >= 0.6 is 11.3 Å². The predicted octanol–water partition coefficient (Wildman–Crippen LogP) is 1.60. The van der Waals surface area contributed by atoms with E-state index in [2.05, 4.69) is 35.2 Å². The molecule has 8 heteroatoms. The summed E-state index contributed by atoms with van der Waals surface area (Å²) < 4.78 is 35.2. The third-order valence-corrected chi connectivity index (χ3v) is 7.95. The quantitative estimate of drug-likeness (QED) is 0.807. The van der Waals surface area contributed by atoms with Gasteiger partial charge < -0.3 is 4.74 Å². The van der Waals surface area contributed by atoms with Crippen molar-refractivity contribution < 1.29 is 13.2 Å². The number of hydrogen-bond acceptors (Lipinski definition) is 5. The minimum atomic E-state index is -3.34. The van der Waals surface area contributed by atoms with Gasteiger partial charge in [-0.05, 0) is 17.5 Å². The van der Waals surface area contributed by atoms with E-state index >= 15 is 0 Å². The van der Waals surface area contributed by atoms with Crippen molar-refractivity contribution in [2.75, 3.05) is 52.5 Å². The fraction of sp³-hybridized carbons (Fsp3) is 0.529. The Morgan fingerprint density at radius 2 is 1.64 bits per heavy atom. The molecule has 0 saturated carbocycles. The highest BCUT2D eigenvalue weighted by Crippen LogP contribution is 2.26. The number of morpholine rings is 1. The summed E-state index contributed by atoms with van der Waals surface area (Å²) >= 11 is 1.82. The minimum absolute atomic E-state index is 0.463. The summed E-state index contributed by atoms with van der Waals surface area (Å²) in [6, 6.07) is 10.7. The Labute approximate surface area is 152 Å². The fourth-order valence-corrected chi connectivity index (χ4v) is 6.06. The van der Waals surface area contributed by atoms with Crippen molar-refractivity contribution >= 4 is 31.6 Å². The monoisotopic (exact) mass is 381 g/mol. The molecule has 2 aromatic rings. The number of rotatable bonds is 4. The standard InChI is InChI=1S/C17H23N3O3S2/c21-25(22,20-9-11-23-12-10-20)19-7-5-18(6-8-19)14-16-13-15-3-1-2-4-17(15)24-16/h1-4,13H,5-12,14H2. The van der Waals surface area contributed by atoms with E-state index in [1.165, 1.54) is 15.0 Å². The zero-order valence-electron chi connectivity index (χ0n) is 14.1. The van der Waals surface area contributed by atoms with E-state index in [0.717, 1.165) is 19.6 Å². The van der Waals surface area contributed by atoms with Crippen molar-refractivity contribution in [3.8, 4) is 0 Å². The van der Waals surface area contributed by atoms with Gasteiger partial charge in [-0.2, -0.15) is 17.0 Å². The SMILES string of the molecule is O=S(=O)(N1CCOCC1)N1CCN(Cc2cc3ccccc3s2)CC1. The minimum Gasteiger partial charge on any atom is -0.379 e.